The summed E-state index contributed by atoms with van der Waals surface area (Å²) in [5.74, 6) is -0.425. The van der Waals surface area contributed by atoms with Gasteiger partial charge in [0.25, 0.3) is 0 Å². The number of halogens is 1. The molecule has 2 rings (SSSR count). The minimum absolute atomic E-state index is 0.205. The van der Waals surface area contributed by atoms with Crippen molar-refractivity contribution in [3.05, 3.63) is 42.5 Å². The van der Waals surface area contributed by atoms with Crippen LogP contribution in [0.5, 0.6) is 6.01 Å². The van der Waals surface area contributed by atoms with E-state index in [1.165, 1.54) is 37.7 Å². The van der Waals surface area contributed by atoms with Crippen molar-refractivity contribution in [1.82, 2.24) is 9.97 Å². The van der Waals surface area contributed by atoms with E-state index < -0.39 is 11.8 Å². The van der Waals surface area contributed by atoms with Crippen LogP contribution in [0.15, 0.2) is 36.7 Å². The maximum absolute atomic E-state index is 12.9. The third-order valence-corrected chi connectivity index (χ3v) is 2.15. The van der Waals surface area contributed by atoms with Gasteiger partial charge in [0.05, 0.1) is 25.2 Å². The standard InChI is InChI=1S/C12H11FN4O2/c1-19-12-14-6-10(7-15-12)17-11(18)16-9-4-2-3-8(13)5-9/h2-7H,1H3,(H2,16,17,18). The molecule has 0 saturated heterocycles. The molecule has 2 amide bonds. The molecule has 0 aliphatic heterocycles. The van der Waals surface area contributed by atoms with Gasteiger partial charge in [-0.15, -0.1) is 0 Å². The number of methoxy groups -OCH3 is 1. The molecule has 0 unspecified atom stereocenters. The summed E-state index contributed by atoms with van der Waals surface area (Å²) in [6.45, 7) is 0. The molecule has 1 aromatic carbocycles. The van der Waals surface area contributed by atoms with Crippen molar-refractivity contribution in [3.8, 4) is 6.01 Å². The van der Waals surface area contributed by atoms with Crippen molar-refractivity contribution < 1.29 is 13.9 Å². The van der Waals surface area contributed by atoms with E-state index >= 15 is 0 Å². The molecule has 2 N–H and O–H groups in total. The summed E-state index contributed by atoms with van der Waals surface area (Å²) >= 11 is 0. The second kappa shape index (κ2) is 5.76. The van der Waals surface area contributed by atoms with Gasteiger partial charge in [-0.2, -0.15) is 0 Å². The van der Waals surface area contributed by atoms with Crippen LogP contribution in [0.25, 0.3) is 0 Å². The van der Waals surface area contributed by atoms with Gasteiger partial charge in [-0.25, -0.2) is 19.2 Å². The molecule has 1 aromatic heterocycles. The molecule has 0 bridgehead atoms. The number of carbonyl (C=O) groups excluding carboxylic acids is 1. The van der Waals surface area contributed by atoms with Gasteiger partial charge < -0.3 is 15.4 Å². The van der Waals surface area contributed by atoms with Gasteiger partial charge >= 0.3 is 12.0 Å². The number of rotatable bonds is 3. The van der Waals surface area contributed by atoms with E-state index in [-0.39, 0.29) is 6.01 Å². The lowest BCUT2D eigenvalue weighted by Crippen LogP contribution is -2.19. The van der Waals surface area contributed by atoms with Gasteiger partial charge in [0, 0.05) is 5.69 Å². The Kier molecular flexibility index (Phi) is 3.87. The highest BCUT2D eigenvalue weighted by Gasteiger charge is 2.04. The number of carbonyl (C=O) groups is 1. The van der Waals surface area contributed by atoms with Crippen LogP contribution in [-0.2, 0) is 0 Å². The highest BCUT2D eigenvalue weighted by molar-refractivity contribution is 5.99. The monoisotopic (exact) mass is 262 g/mol. The molecule has 19 heavy (non-hydrogen) atoms. The number of aromatic nitrogens is 2. The molecule has 1 heterocycles. The van der Waals surface area contributed by atoms with E-state index in [9.17, 15) is 9.18 Å². The van der Waals surface area contributed by atoms with Crippen LogP contribution in [0.3, 0.4) is 0 Å². The second-order valence-corrected chi connectivity index (χ2v) is 3.55. The smallest absolute Gasteiger partial charge is 0.323 e. The minimum Gasteiger partial charge on any atom is -0.467 e. The Hall–Kier alpha value is -2.70. The van der Waals surface area contributed by atoms with Crippen molar-refractivity contribution in [2.24, 2.45) is 0 Å². The van der Waals surface area contributed by atoms with E-state index in [4.69, 9.17) is 4.74 Å². The minimum atomic E-state index is -0.514. The molecule has 0 fully saturated rings. The first-order valence-corrected chi connectivity index (χ1v) is 5.37. The Morgan fingerprint density at radius 3 is 2.53 bits per heavy atom. The number of hydrogen-bond donors (Lipinski definition) is 2. The van der Waals surface area contributed by atoms with Crippen molar-refractivity contribution in [3.63, 3.8) is 0 Å². The summed E-state index contributed by atoms with van der Waals surface area (Å²) < 4.78 is 17.7. The van der Waals surface area contributed by atoms with E-state index in [0.717, 1.165) is 0 Å². The maximum Gasteiger partial charge on any atom is 0.323 e. The van der Waals surface area contributed by atoms with E-state index in [1.54, 1.807) is 6.07 Å². The van der Waals surface area contributed by atoms with Crippen LogP contribution in [-0.4, -0.2) is 23.1 Å². The Morgan fingerprint density at radius 2 is 1.89 bits per heavy atom. The summed E-state index contributed by atoms with van der Waals surface area (Å²) in [4.78, 5) is 19.3. The average Bonchev–Trinajstić information content (AvgIpc) is 2.39. The predicted molar refractivity (Wildman–Crippen MR) is 67.6 cm³/mol. The van der Waals surface area contributed by atoms with Crippen LogP contribution < -0.4 is 15.4 Å². The zero-order valence-corrected chi connectivity index (χ0v) is 10.1. The molecule has 6 nitrogen and oxygen atoms in total. The summed E-state index contributed by atoms with van der Waals surface area (Å²) in [7, 11) is 1.44. The van der Waals surface area contributed by atoms with Crippen molar-refractivity contribution in [2.45, 2.75) is 0 Å². The maximum atomic E-state index is 12.9. The van der Waals surface area contributed by atoms with Gasteiger partial charge in [0.2, 0.25) is 0 Å². The van der Waals surface area contributed by atoms with E-state index in [1.807, 2.05) is 0 Å². The molecule has 2 aromatic rings. The number of nitrogens with zero attached hydrogens (tertiary/aromatic N) is 2. The molecule has 0 aliphatic carbocycles. The molecular formula is C12H11FN4O2. The quantitative estimate of drug-likeness (QED) is 0.889. The van der Waals surface area contributed by atoms with Crippen molar-refractivity contribution >= 4 is 17.4 Å². The first-order valence-electron chi connectivity index (χ1n) is 5.37. The number of nitrogens with one attached hydrogen (secondary N) is 2. The lowest BCUT2D eigenvalue weighted by atomic mass is 10.3. The van der Waals surface area contributed by atoms with Crippen LogP contribution in [0.2, 0.25) is 0 Å². The van der Waals surface area contributed by atoms with Gasteiger partial charge in [-0.05, 0) is 18.2 Å². The molecule has 0 atom stereocenters. The largest absolute Gasteiger partial charge is 0.467 e. The number of benzene rings is 1. The molecule has 0 saturated carbocycles. The Morgan fingerprint density at radius 1 is 1.21 bits per heavy atom. The second-order valence-electron chi connectivity index (χ2n) is 3.55. The van der Waals surface area contributed by atoms with Crippen LogP contribution in [0, 0.1) is 5.82 Å². The summed E-state index contributed by atoms with van der Waals surface area (Å²) in [6, 6.07) is 5.27. The van der Waals surface area contributed by atoms with Gasteiger partial charge in [0.1, 0.15) is 5.82 Å². The van der Waals surface area contributed by atoms with Gasteiger partial charge in [-0.1, -0.05) is 6.07 Å². The topological polar surface area (TPSA) is 76.1 Å². The first-order chi connectivity index (χ1) is 9.17. The number of amides is 2. The Bertz CT molecular complexity index is 574. The Balaban J connectivity index is 1.97. The summed E-state index contributed by atoms with van der Waals surface area (Å²) in [6.07, 6.45) is 2.80. The number of hydrogen-bond acceptors (Lipinski definition) is 4. The summed E-state index contributed by atoms with van der Waals surface area (Å²) in [5.41, 5.74) is 0.752. The van der Waals surface area contributed by atoms with Crippen molar-refractivity contribution in [1.29, 1.82) is 0 Å². The molecule has 0 aliphatic rings. The molecule has 7 heteroatoms. The third-order valence-electron chi connectivity index (χ3n) is 2.15. The van der Waals surface area contributed by atoms with Crippen LogP contribution in [0.4, 0.5) is 20.6 Å². The highest BCUT2D eigenvalue weighted by atomic mass is 19.1. The average molecular weight is 262 g/mol. The van der Waals surface area contributed by atoms with Crippen molar-refractivity contribution in [2.75, 3.05) is 17.7 Å². The highest BCUT2D eigenvalue weighted by Crippen LogP contribution is 2.11. The third kappa shape index (κ3) is 3.63. The molecule has 98 valence electrons. The molecular weight excluding hydrogens is 251 g/mol. The summed E-state index contributed by atoms with van der Waals surface area (Å²) in [5, 5.41) is 4.99. The lowest BCUT2D eigenvalue weighted by Gasteiger charge is -2.07. The number of ether oxygens (including phenoxy) is 1. The first kappa shape index (κ1) is 12.7. The van der Waals surface area contributed by atoms with Gasteiger partial charge in [0.15, 0.2) is 0 Å². The zero-order chi connectivity index (χ0) is 13.7. The Labute approximate surface area is 108 Å². The zero-order valence-electron chi connectivity index (χ0n) is 10.1. The lowest BCUT2D eigenvalue weighted by molar-refractivity contribution is 0.262. The van der Waals surface area contributed by atoms with Gasteiger partial charge in [-0.3, -0.25) is 0 Å². The number of anilines is 2. The normalized spacial score (nSPS) is 9.79. The molecule has 0 radical (unpaired) electrons. The fourth-order valence-corrected chi connectivity index (χ4v) is 1.35. The number of urea groups is 1. The van der Waals surface area contributed by atoms with Crippen LogP contribution in [0.1, 0.15) is 0 Å². The fraction of sp³-hybridized carbons (Fsp3) is 0.0833. The molecule has 0 spiro atoms. The van der Waals surface area contributed by atoms with E-state index in [2.05, 4.69) is 20.6 Å². The van der Waals surface area contributed by atoms with E-state index in [0.29, 0.717) is 11.4 Å². The SMILES string of the molecule is COc1ncc(NC(=O)Nc2cccc(F)c2)cn1. The predicted octanol–water partition coefficient (Wildman–Crippen LogP) is 2.27. The fourth-order valence-electron chi connectivity index (χ4n) is 1.35. The van der Waals surface area contributed by atoms with Crippen LogP contribution >= 0.6 is 0 Å².